The van der Waals surface area contributed by atoms with Crippen LogP contribution < -0.4 is 5.73 Å². The van der Waals surface area contributed by atoms with Crippen LogP contribution in [-0.2, 0) is 10.3 Å². The highest BCUT2D eigenvalue weighted by Gasteiger charge is 2.47. The van der Waals surface area contributed by atoms with Crippen LogP contribution in [0.4, 0.5) is 0 Å². The zero-order valence-electron chi connectivity index (χ0n) is 15.5. The summed E-state index contributed by atoms with van der Waals surface area (Å²) in [6, 6.07) is 17.7. The molecule has 2 atom stereocenters. The highest BCUT2D eigenvalue weighted by Crippen LogP contribution is 2.45. The Labute approximate surface area is 159 Å². The molecule has 1 fully saturated rings. The first kappa shape index (κ1) is 17.3. The van der Waals surface area contributed by atoms with Crippen molar-refractivity contribution in [1.82, 2.24) is 4.90 Å². The molecule has 2 aliphatic rings. The minimum absolute atomic E-state index is 0.0912. The zero-order chi connectivity index (χ0) is 19.2. The first-order valence-corrected chi connectivity index (χ1v) is 9.17. The van der Waals surface area contributed by atoms with Gasteiger partial charge in [-0.15, -0.1) is 0 Å². The third-order valence-corrected chi connectivity index (χ3v) is 5.72. The first-order valence-electron chi connectivity index (χ1n) is 9.17. The summed E-state index contributed by atoms with van der Waals surface area (Å²) >= 11 is 0. The quantitative estimate of drug-likeness (QED) is 0.914. The van der Waals surface area contributed by atoms with Crippen molar-refractivity contribution < 1.29 is 4.79 Å². The zero-order valence-corrected chi connectivity index (χ0v) is 15.5. The van der Waals surface area contributed by atoms with Gasteiger partial charge in [-0.1, -0.05) is 36.4 Å². The summed E-state index contributed by atoms with van der Waals surface area (Å²) in [5.74, 6) is 0.260. The van der Waals surface area contributed by atoms with Crippen LogP contribution in [0.3, 0.4) is 0 Å². The summed E-state index contributed by atoms with van der Waals surface area (Å²) in [6.45, 7) is 1.92. The average molecular weight is 358 g/mol. The number of carbonyl (C=O) groups excluding carboxylic acids is 1. The van der Waals surface area contributed by atoms with Crippen molar-refractivity contribution in [3.05, 3.63) is 70.8 Å². The lowest BCUT2D eigenvalue weighted by Gasteiger charge is -2.41. The smallest absolute Gasteiger partial charge is 0.239 e. The maximum absolute atomic E-state index is 13.2. The molecule has 0 bridgehead atoms. The van der Waals surface area contributed by atoms with Gasteiger partial charge in [0, 0.05) is 7.05 Å². The molecule has 4 rings (SSSR count). The number of guanidine groups is 1. The van der Waals surface area contributed by atoms with Gasteiger partial charge in [-0.2, -0.15) is 5.26 Å². The molecule has 0 spiro atoms. The van der Waals surface area contributed by atoms with Crippen LogP contribution in [0.1, 0.15) is 53.9 Å². The number of hydrogen-bond acceptors (Lipinski definition) is 4. The van der Waals surface area contributed by atoms with Crippen LogP contribution in [0.25, 0.3) is 0 Å². The van der Waals surface area contributed by atoms with E-state index in [9.17, 15) is 10.1 Å². The SMILES string of the molecule is CN1C(=O)[C@H](c2ccc(C3CC3)cc2)[C@@](C)(c2cccc(C#N)c2)N=C1N. The Bertz CT molecular complexity index is 969. The van der Waals surface area contributed by atoms with Crippen molar-refractivity contribution in [2.24, 2.45) is 10.7 Å². The first-order chi connectivity index (χ1) is 12.9. The summed E-state index contributed by atoms with van der Waals surface area (Å²) in [4.78, 5) is 19.3. The van der Waals surface area contributed by atoms with E-state index in [4.69, 9.17) is 10.7 Å². The van der Waals surface area contributed by atoms with Crippen LogP contribution in [0.2, 0.25) is 0 Å². The topological polar surface area (TPSA) is 82.5 Å². The lowest BCUT2D eigenvalue weighted by Crippen LogP contribution is -2.52. The summed E-state index contributed by atoms with van der Waals surface area (Å²) in [5, 5.41) is 9.28. The van der Waals surface area contributed by atoms with Crippen LogP contribution in [0.5, 0.6) is 0 Å². The summed E-state index contributed by atoms with van der Waals surface area (Å²) in [7, 11) is 1.65. The second-order valence-electron chi connectivity index (χ2n) is 7.58. The third kappa shape index (κ3) is 2.87. The van der Waals surface area contributed by atoms with Gasteiger partial charge in [0.05, 0.1) is 17.6 Å². The number of aliphatic imine (C=N–C) groups is 1. The number of likely N-dealkylation sites (N-methyl/N-ethyl adjacent to an activating group) is 1. The summed E-state index contributed by atoms with van der Waals surface area (Å²) < 4.78 is 0. The molecule has 136 valence electrons. The van der Waals surface area contributed by atoms with Gasteiger partial charge in [-0.05, 0) is 54.5 Å². The third-order valence-electron chi connectivity index (χ3n) is 5.72. The standard InChI is InChI=1S/C22H22N4O/c1-22(18-5-3-4-14(12-18)13-23)19(20(27)26(2)21(24)25-22)17-10-8-16(9-11-17)15-6-7-15/h3-5,8-12,15,19H,6-7H2,1-2H3,(H2,24,25)/t19-,22+/m0/s1. The van der Waals surface area contributed by atoms with Crippen molar-refractivity contribution in [3.63, 3.8) is 0 Å². The number of rotatable bonds is 3. The molecule has 5 nitrogen and oxygen atoms in total. The number of nitriles is 1. The van der Waals surface area contributed by atoms with E-state index in [0.29, 0.717) is 11.5 Å². The maximum atomic E-state index is 13.2. The molecule has 2 N–H and O–H groups in total. The van der Waals surface area contributed by atoms with Gasteiger partial charge >= 0.3 is 0 Å². The molecule has 0 radical (unpaired) electrons. The van der Waals surface area contributed by atoms with Crippen molar-refractivity contribution in [2.45, 2.75) is 37.1 Å². The molecule has 1 amide bonds. The van der Waals surface area contributed by atoms with Gasteiger partial charge in [0.15, 0.2) is 5.96 Å². The monoisotopic (exact) mass is 358 g/mol. The molecular formula is C22H22N4O. The van der Waals surface area contributed by atoms with Gasteiger partial charge in [0.25, 0.3) is 0 Å². The minimum Gasteiger partial charge on any atom is -0.369 e. The van der Waals surface area contributed by atoms with Crippen molar-refractivity contribution in [3.8, 4) is 6.07 Å². The molecular weight excluding hydrogens is 336 g/mol. The highest BCUT2D eigenvalue weighted by atomic mass is 16.2. The molecule has 2 aromatic rings. The van der Waals surface area contributed by atoms with Crippen LogP contribution in [-0.4, -0.2) is 23.8 Å². The van der Waals surface area contributed by atoms with Gasteiger partial charge in [0.2, 0.25) is 5.91 Å². The molecule has 0 unspecified atom stereocenters. The van der Waals surface area contributed by atoms with Crippen LogP contribution in [0, 0.1) is 11.3 Å². The largest absolute Gasteiger partial charge is 0.369 e. The Kier molecular flexibility index (Phi) is 4.00. The number of carbonyl (C=O) groups is 1. The number of nitrogens with two attached hydrogens (primary N) is 1. The number of amides is 1. The molecule has 1 aliphatic heterocycles. The van der Waals surface area contributed by atoms with Gasteiger partial charge in [-0.25, -0.2) is 4.99 Å². The number of benzene rings is 2. The van der Waals surface area contributed by atoms with E-state index in [1.54, 1.807) is 19.2 Å². The normalized spacial score (nSPS) is 25.1. The molecule has 1 saturated carbocycles. The van der Waals surface area contributed by atoms with Gasteiger partial charge in [-0.3, -0.25) is 9.69 Å². The van der Waals surface area contributed by atoms with Gasteiger partial charge in [0.1, 0.15) is 5.54 Å². The van der Waals surface area contributed by atoms with Crippen molar-refractivity contribution in [1.29, 1.82) is 5.26 Å². The molecule has 27 heavy (non-hydrogen) atoms. The fourth-order valence-electron chi connectivity index (χ4n) is 3.90. The van der Waals surface area contributed by atoms with E-state index in [-0.39, 0.29) is 11.9 Å². The number of nitrogens with zero attached hydrogens (tertiary/aromatic N) is 3. The maximum Gasteiger partial charge on any atom is 0.239 e. The van der Waals surface area contributed by atoms with E-state index in [0.717, 1.165) is 11.1 Å². The molecule has 0 aromatic heterocycles. The van der Waals surface area contributed by atoms with E-state index < -0.39 is 11.5 Å². The molecule has 1 heterocycles. The summed E-state index contributed by atoms with van der Waals surface area (Å²) in [6.07, 6.45) is 2.48. The average Bonchev–Trinajstić information content (AvgIpc) is 3.52. The molecule has 2 aromatic carbocycles. The van der Waals surface area contributed by atoms with Crippen molar-refractivity contribution in [2.75, 3.05) is 7.05 Å². The Hall–Kier alpha value is -3.13. The number of hydrogen-bond donors (Lipinski definition) is 1. The van der Waals surface area contributed by atoms with E-state index in [1.165, 1.54) is 23.3 Å². The van der Waals surface area contributed by atoms with Gasteiger partial charge < -0.3 is 5.73 Å². The van der Waals surface area contributed by atoms with E-state index >= 15 is 0 Å². The predicted octanol–water partition coefficient (Wildman–Crippen LogP) is 3.22. The molecule has 0 saturated heterocycles. The molecule has 1 aliphatic carbocycles. The summed E-state index contributed by atoms with van der Waals surface area (Å²) in [5.41, 5.74) is 8.77. The lowest BCUT2D eigenvalue weighted by molar-refractivity contribution is -0.130. The Morgan fingerprint density at radius 3 is 2.48 bits per heavy atom. The van der Waals surface area contributed by atoms with Crippen molar-refractivity contribution >= 4 is 11.9 Å². The second-order valence-corrected chi connectivity index (χ2v) is 7.58. The predicted molar refractivity (Wildman–Crippen MR) is 104 cm³/mol. The van der Waals surface area contributed by atoms with E-state index in [2.05, 4.69) is 18.2 Å². The van der Waals surface area contributed by atoms with Crippen LogP contribution >= 0.6 is 0 Å². The highest BCUT2D eigenvalue weighted by molar-refractivity contribution is 6.02. The van der Waals surface area contributed by atoms with Crippen LogP contribution in [0.15, 0.2) is 53.5 Å². The molecule has 5 heteroatoms. The minimum atomic E-state index is -0.873. The fourth-order valence-corrected chi connectivity index (χ4v) is 3.90. The van der Waals surface area contributed by atoms with E-state index in [1.807, 2.05) is 31.2 Å². The second kappa shape index (κ2) is 6.24. The Balaban J connectivity index is 1.84. The Morgan fingerprint density at radius 2 is 1.85 bits per heavy atom. The Morgan fingerprint density at radius 1 is 1.19 bits per heavy atom. The lowest BCUT2D eigenvalue weighted by atomic mass is 9.74. The fraction of sp³-hybridized carbons (Fsp3) is 0.318.